The number of halogens is 1. The molecule has 3 rings (SSSR count). The van der Waals surface area contributed by atoms with Crippen molar-refractivity contribution in [1.29, 1.82) is 0 Å². The van der Waals surface area contributed by atoms with Gasteiger partial charge in [0.05, 0.1) is 4.92 Å². The number of benzene rings is 1. The number of carbonyl (C=O) groups is 4. The molecule has 14 heteroatoms. The Morgan fingerprint density at radius 2 is 1.21 bits per heavy atom. The van der Waals surface area contributed by atoms with E-state index in [1.54, 1.807) is 0 Å². The van der Waals surface area contributed by atoms with Crippen LogP contribution in [0.1, 0.15) is 11.5 Å². The van der Waals surface area contributed by atoms with Crippen molar-refractivity contribution in [2.24, 2.45) is 11.8 Å². The first-order chi connectivity index (χ1) is 15.3. The zero-order valence-corrected chi connectivity index (χ0v) is 20.2. The Hall–Kier alpha value is -3.03. The number of hydrogen-bond donors (Lipinski definition) is 0. The Balaban J connectivity index is 2.28. The van der Waals surface area contributed by atoms with Crippen molar-refractivity contribution in [3.63, 3.8) is 0 Å². The van der Waals surface area contributed by atoms with Crippen molar-refractivity contribution in [2.75, 3.05) is 28.2 Å². The Bertz CT molecular complexity index is 1040. The van der Waals surface area contributed by atoms with Gasteiger partial charge in [0.1, 0.15) is 16.9 Å². The molecule has 1 aromatic rings. The van der Waals surface area contributed by atoms with Crippen LogP contribution in [-0.2, 0) is 19.2 Å². The van der Waals surface area contributed by atoms with Crippen LogP contribution in [0.3, 0.4) is 0 Å². The van der Waals surface area contributed by atoms with E-state index in [4.69, 9.17) is 36.0 Å². The molecule has 0 saturated carbocycles. The highest BCUT2D eigenvalue weighted by atomic mass is 35.5. The average molecular weight is 512 g/mol. The smallest absolute Gasteiger partial charge is 0.288 e. The standard InChI is InChI=1S/C19H18ClN5O6S2/c1-21-14(26)12(15(27)22(2)18(21)32)11(8-5-6-9(20)10(7-8)25(30)31)13-16(28)23(3)19(33)24(4)17(13)29/h5-7,11-13H,1-4H3. The molecule has 2 aliphatic heterocycles. The number of carbonyl (C=O) groups excluding carboxylic acids is 4. The first-order valence-corrected chi connectivity index (χ1v) is 10.6. The first-order valence-electron chi connectivity index (χ1n) is 9.43. The van der Waals surface area contributed by atoms with E-state index in [9.17, 15) is 29.3 Å². The summed E-state index contributed by atoms with van der Waals surface area (Å²) in [7, 11) is 5.44. The van der Waals surface area contributed by atoms with Crippen LogP contribution in [0.25, 0.3) is 0 Å². The summed E-state index contributed by atoms with van der Waals surface area (Å²) >= 11 is 16.2. The van der Waals surface area contributed by atoms with Crippen LogP contribution in [-0.4, -0.2) is 86.6 Å². The number of amides is 4. The molecule has 33 heavy (non-hydrogen) atoms. The van der Waals surface area contributed by atoms with Gasteiger partial charge in [-0.25, -0.2) is 0 Å². The molecule has 174 valence electrons. The molecule has 2 aliphatic rings. The van der Waals surface area contributed by atoms with Crippen molar-refractivity contribution >= 4 is 75.6 Å². The summed E-state index contributed by atoms with van der Waals surface area (Å²) < 4.78 is 0. The average Bonchev–Trinajstić information content (AvgIpc) is 2.78. The Morgan fingerprint density at radius 3 is 1.55 bits per heavy atom. The van der Waals surface area contributed by atoms with E-state index in [-0.39, 0.29) is 20.8 Å². The van der Waals surface area contributed by atoms with Crippen LogP contribution < -0.4 is 0 Å². The quantitative estimate of drug-likeness (QED) is 0.254. The van der Waals surface area contributed by atoms with Crippen LogP contribution in [0.5, 0.6) is 0 Å². The number of thiocarbonyl (C=S) groups is 2. The molecule has 1 aromatic carbocycles. The van der Waals surface area contributed by atoms with Gasteiger partial charge in [-0.05, 0) is 36.1 Å². The zero-order valence-electron chi connectivity index (χ0n) is 17.8. The normalized spacial score (nSPS) is 18.8. The molecule has 0 atom stereocenters. The summed E-state index contributed by atoms with van der Waals surface area (Å²) in [5.74, 6) is -7.48. The third-order valence-electron chi connectivity index (χ3n) is 5.80. The van der Waals surface area contributed by atoms with Crippen molar-refractivity contribution in [1.82, 2.24) is 19.6 Å². The molecule has 2 saturated heterocycles. The zero-order chi connectivity index (χ0) is 24.9. The minimum Gasteiger partial charge on any atom is -0.291 e. The maximum absolute atomic E-state index is 13.2. The summed E-state index contributed by atoms with van der Waals surface area (Å²) in [5, 5.41) is 11.2. The van der Waals surface area contributed by atoms with Gasteiger partial charge in [-0.1, -0.05) is 17.7 Å². The van der Waals surface area contributed by atoms with Crippen molar-refractivity contribution < 1.29 is 24.1 Å². The highest BCUT2D eigenvalue weighted by Crippen LogP contribution is 2.42. The lowest BCUT2D eigenvalue weighted by atomic mass is 9.73. The molecule has 11 nitrogen and oxygen atoms in total. The van der Waals surface area contributed by atoms with E-state index < -0.39 is 52.0 Å². The highest BCUT2D eigenvalue weighted by molar-refractivity contribution is 7.80. The van der Waals surface area contributed by atoms with Gasteiger partial charge >= 0.3 is 0 Å². The van der Waals surface area contributed by atoms with Crippen LogP contribution in [0.15, 0.2) is 18.2 Å². The van der Waals surface area contributed by atoms with Gasteiger partial charge in [0.25, 0.3) is 5.69 Å². The SMILES string of the molecule is CN1C(=O)C(C(c2ccc(Cl)c([N+](=O)[O-])c2)C2C(=O)N(C)C(=S)N(C)C2=O)C(=O)N(C)C1=S. The van der Waals surface area contributed by atoms with Crippen LogP contribution >= 0.6 is 36.0 Å². The molecule has 2 heterocycles. The second-order valence-electron chi connectivity index (χ2n) is 7.60. The second-order valence-corrected chi connectivity index (χ2v) is 8.74. The molecule has 0 aliphatic carbocycles. The summed E-state index contributed by atoms with van der Waals surface area (Å²) in [5.41, 5.74) is -0.450. The first kappa shape index (κ1) is 24.6. The van der Waals surface area contributed by atoms with E-state index in [1.165, 1.54) is 40.3 Å². The lowest BCUT2D eigenvalue weighted by Gasteiger charge is -2.43. The number of nitrogens with zero attached hydrogens (tertiary/aromatic N) is 5. The maximum Gasteiger partial charge on any atom is 0.288 e. The maximum atomic E-state index is 13.2. The van der Waals surface area contributed by atoms with Gasteiger partial charge < -0.3 is 0 Å². The van der Waals surface area contributed by atoms with Crippen LogP contribution in [0.2, 0.25) is 5.02 Å². The van der Waals surface area contributed by atoms with Crippen molar-refractivity contribution in [3.8, 4) is 0 Å². The lowest BCUT2D eigenvalue weighted by molar-refractivity contribution is -0.384. The fraction of sp³-hybridized carbons (Fsp3) is 0.368. The fourth-order valence-corrected chi connectivity index (χ4v) is 4.49. The number of hydrogen-bond acceptors (Lipinski definition) is 8. The predicted octanol–water partition coefficient (Wildman–Crippen LogP) is 0.995. The molecular weight excluding hydrogens is 494 g/mol. The van der Waals surface area contributed by atoms with Crippen LogP contribution in [0, 0.1) is 22.0 Å². The summed E-state index contributed by atoms with van der Waals surface area (Å²) in [6.07, 6.45) is 0. The van der Waals surface area contributed by atoms with Gasteiger partial charge in [0.2, 0.25) is 23.6 Å². The molecule has 4 amide bonds. The second kappa shape index (κ2) is 8.72. The summed E-state index contributed by atoms with van der Waals surface area (Å²) in [4.78, 5) is 67.9. The van der Waals surface area contributed by atoms with Gasteiger partial charge in [-0.2, -0.15) is 0 Å². The van der Waals surface area contributed by atoms with Gasteiger partial charge in [0, 0.05) is 40.2 Å². The molecule has 0 spiro atoms. The van der Waals surface area contributed by atoms with E-state index in [2.05, 4.69) is 0 Å². The fourth-order valence-electron chi connectivity index (χ4n) is 3.94. The summed E-state index contributed by atoms with van der Waals surface area (Å²) in [6.45, 7) is 0. The van der Waals surface area contributed by atoms with E-state index >= 15 is 0 Å². The van der Waals surface area contributed by atoms with E-state index in [0.717, 1.165) is 25.7 Å². The van der Waals surface area contributed by atoms with Gasteiger partial charge in [-0.3, -0.25) is 48.9 Å². The molecule has 0 N–H and O–H groups in total. The molecule has 0 radical (unpaired) electrons. The predicted molar refractivity (Wildman–Crippen MR) is 124 cm³/mol. The lowest BCUT2D eigenvalue weighted by Crippen LogP contribution is -2.63. The van der Waals surface area contributed by atoms with Crippen LogP contribution in [0.4, 0.5) is 5.69 Å². The monoisotopic (exact) mass is 511 g/mol. The topological polar surface area (TPSA) is 124 Å². The molecule has 2 fully saturated rings. The number of nitro groups is 1. The summed E-state index contributed by atoms with van der Waals surface area (Å²) in [6, 6.07) is 3.63. The van der Waals surface area contributed by atoms with Gasteiger partial charge in [0.15, 0.2) is 10.2 Å². The van der Waals surface area contributed by atoms with Gasteiger partial charge in [-0.15, -0.1) is 0 Å². The third kappa shape index (κ3) is 3.85. The number of nitro benzene ring substituents is 1. The third-order valence-corrected chi connectivity index (χ3v) is 7.22. The van der Waals surface area contributed by atoms with E-state index in [0.29, 0.717) is 0 Å². The molecule has 0 bridgehead atoms. The Morgan fingerprint density at radius 1 is 0.848 bits per heavy atom. The molecule has 0 unspecified atom stereocenters. The van der Waals surface area contributed by atoms with Crippen molar-refractivity contribution in [3.05, 3.63) is 38.9 Å². The highest BCUT2D eigenvalue weighted by Gasteiger charge is 2.54. The molecule has 0 aromatic heterocycles. The molecular formula is C19H18ClN5O6S2. The Labute approximate surface area is 204 Å². The number of rotatable bonds is 4. The minimum atomic E-state index is -1.56. The van der Waals surface area contributed by atoms with E-state index in [1.807, 2.05) is 0 Å². The van der Waals surface area contributed by atoms with Crippen molar-refractivity contribution in [2.45, 2.75) is 5.92 Å². The largest absolute Gasteiger partial charge is 0.291 e. The minimum absolute atomic E-state index is 0.0498. The Kier molecular flexibility index (Phi) is 6.51.